The molecule has 0 radical (unpaired) electrons. The van der Waals surface area contributed by atoms with Crippen LogP contribution in [-0.2, 0) is 30.1 Å². The first-order valence-electron chi connectivity index (χ1n) is 8.91. The van der Waals surface area contributed by atoms with E-state index in [0.29, 0.717) is 0 Å². The van der Waals surface area contributed by atoms with Gasteiger partial charge in [-0.1, -0.05) is 12.2 Å². The zero-order valence-electron chi connectivity index (χ0n) is 16.9. The Morgan fingerprint density at radius 3 is 2.10 bits per heavy atom. The van der Waals surface area contributed by atoms with Gasteiger partial charge in [0.25, 0.3) is 5.56 Å². The zero-order valence-corrected chi connectivity index (χ0v) is 17.9. The summed E-state index contributed by atoms with van der Waals surface area (Å²) in [6, 6.07) is -1.73. The summed E-state index contributed by atoms with van der Waals surface area (Å²) in [6.07, 6.45) is -0.101. The molecule has 1 unspecified atom stereocenters. The quantitative estimate of drug-likeness (QED) is 0.259. The first kappa shape index (κ1) is 25.2. The first-order chi connectivity index (χ1) is 14.0. The normalized spacial score (nSPS) is 12.4. The number of H-pyrrole nitrogens is 1. The number of halogens is 1. The summed E-state index contributed by atoms with van der Waals surface area (Å²) in [7, 11) is -2.87. The monoisotopic (exact) mass is 450 g/mol. The molecular formula is C17H24FN2O9P. The summed E-state index contributed by atoms with van der Waals surface area (Å²) in [5.74, 6) is -1.13. The highest BCUT2D eigenvalue weighted by atomic mass is 31.1. The van der Waals surface area contributed by atoms with Crippen molar-refractivity contribution in [1.29, 1.82) is 0 Å². The molecule has 0 saturated heterocycles. The molecule has 1 aromatic rings. The van der Waals surface area contributed by atoms with Crippen molar-refractivity contribution in [2.24, 2.45) is 0 Å². The van der Waals surface area contributed by atoms with Gasteiger partial charge in [-0.25, -0.2) is 14.4 Å². The van der Waals surface area contributed by atoms with E-state index >= 15 is 0 Å². The molecule has 30 heavy (non-hydrogen) atoms. The molecule has 0 aromatic carbocycles. The fourth-order valence-electron chi connectivity index (χ4n) is 1.87. The van der Waals surface area contributed by atoms with E-state index in [1.807, 2.05) is 0 Å². The lowest BCUT2D eigenvalue weighted by atomic mass is 10.5. The molecule has 1 atom stereocenters. The predicted octanol–water partition coefficient (Wildman–Crippen LogP) is 2.20. The molecule has 0 saturated carbocycles. The number of rotatable bonds is 9. The molecule has 1 aromatic heterocycles. The van der Waals surface area contributed by atoms with Crippen molar-refractivity contribution < 1.29 is 37.5 Å². The Morgan fingerprint density at radius 2 is 1.60 bits per heavy atom. The maximum Gasteiger partial charge on any atom is 0.512 e. The fourth-order valence-corrected chi connectivity index (χ4v) is 2.92. The van der Waals surface area contributed by atoms with Gasteiger partial charge in [-0.2, -0.15) is 4.39 Å². The largest absolute Gasteiger partial charge is 0.512 e. The molecule has 11 nitrogen and oxygen atoms in total. The second-order valence-electron chi connectivity index (χ2n) is 6.43. The third-order valence-corrected chi connectivity index (χ3v) is 4.49. The standard InChI is InChI=1S/C17H24FN2O9P/c1-10(2)26-15(23)28-17(29-16(24)27-11(3)4)30(25)8-6-5-7-20-9-12(18)13(21)19-14(20)22/h5-6,9-11,17,30H,7-8H2,1-4H3,(H,19,21,22)/b6-5+. The van der Waals surface area contributed by atoms with Crippen LogP contribution in [0.1, 0.15) is 27.7 Å². The van der Waals surface area contributed by atoms with Crippen molar-refractivity contribution in [3.05, 3.63) is 45.0 Å². The molecular weight excluding hydrogens is 426 g/mol. The van der Waals surface area contributed by atoms with Gasteiger partial charge in [0.2, 0.25) is 5.82 Å². The number of aromatic amines is 1. The van der Waals surface area contributed by atoms with E-state index in [-0.39, 0.29) is 12.7 Å². The van der Waals surface area contributed by atoms with Crippen molar-refractivity contribution in [3.63, 3.8) is 0 Å². The number of aromatic nitrogens is 2. The van der Waals surface area contributed by atoms with E-state index in [2.05, 4.69) is 0 Å². The lowest BCUT2D eigenvalue weighted by molar-refractivity contribution is -0.0715. The highest BCUT2D eigenvalue weighted by molar-refractivity contribution is 7.45. The summed E-state index contributed by atoms with van der Waals surface area (Å²) in [6.45, 7) is 6.14. The Hall–Kier alpha value is -2.88. The van der Waals surface area contributed by atoms with Crippen LogP contribution in [0.5, 0.6) is 0 Å². The zero-order chi connectivity index (χ0) is 22.8. The summed E-state index contributed by atoms with van der Waals surface area (Å²) in [5.41, 5.74) is -1.96. The van der Waals surface area contributed by atoms with E-state index in [0.717, 1.165) is 10.8 Å². The average Bonchev–Trinajstić information content (AvgIpc) is 2.60. The van der Waals surface area contributed by atoms with Gasteiger partial charge in [-0.15, -0.1) is 0 Å². The Bertz CT molecular complexity index is 883. The van der Waals surface area contributed by atoms with Gasteiger partial charge >= 0.3 is 24.0 Å². The Kier molecular flexibility index (Phi) is 10.0. The van der Waals surface area contributed by atoms with Crippen molar-refractivity contribution >= 4 is 20.1 Å². The minimum absolute atomic E-state index is 0.126. The van der Waals surface area contributed by atoms with Gasteiger partial charge in [0, 0.05) is 12.7 Å². The van der Waals surface area contributed by atoms with Crippen LogP contribution in [0.3, 0.4) is 0 Å². The van der Waals surface area contributed by atoms with Gasteiger partial charge in [-0.05, 0) is 27.7 Å². The number of ether oxygens (including phenoxy) is 4. The topological polar surface area (TPSA) is 143 Å². The lowest BCUT2D eigenvalue weighted by Gasteiger charge is -2.18. The Labute approximate surface area is 171 Å². The summed E-state index contributed by atoms with van der Waals surface area (Å²) in [5, 5.41) is 0. The van der Waals surface area contributed by atoms with E-state index < -0.39 is 55.4 Å². The van der Waals surface area contributed by atoms with Crippen molar-refractivity contribution in [2.45, 2.75) is 52.5 Å². The molecule has 0 amide bonds. The van der Waals surface area contributed by atoms with E-state index in [1.165, 1.54) is 12.2 Å². The lowest BCUT2D eigenvalue weighted by Crippen LogP contribution is -2.31. The van der Waals surface area contributed by atoms with Crippen molar-refractivity contribution in [3.8, 4) is 0 Å². The van der Waals surface area contributed by atoms with Gasteiger partial charge in [0.05, 0.1) is 18.4 Å². The number of carbonyl (C=O) groups excluding carboxylic acids is 2. The molecule has 13 heteroatoms. The molecule has 1 rings (SSSR count). The number of carbonyl (C=O) groups is 2. The maximum absolute atomic E-state index is 13.2. The van der Waals surface area contributed by atoms with Crippen LogP contribution in [0.2, 0.25) is 0 Å². The average molecular weight is 450 g/mol. The first-order valence-corrected chi connectivity index (χ1v) is 10.6. The summed E-state index contributed by atoms with van der Waals surface area (Å²) in [4.78, 5) is 47.7. The predicted molar refractivity (Wildman–Crippen MR) is 103 cm³/mol. The van der Waals surface area contributed by atoms with Crippen LogP contribution in [0.4, 0.5) is 14.0 Å². The number of hydrogen-bond acceptors (Lipinski definition) is 9. The van der Waals surface area contributed by atoms with Gasteiger partial charge < -0.3 is 23.5 Å². The molecule has 0 aliphatic rings. The fraction of sp³-hybridized carbons (Fsp3) is 0.529. The second kappa shape index (κ2) is 12.0. The third-order valence-electron chi connectivity index (χ3n) is 3.09. The Balaban J connectivity index is 2.77. The summed E-state index contributed by atoms with van der Waals surface area (Å²) < 4.78 is 45.7. The smallest absolute Gasteiger partial charge is 0.431 e. The van der Waals surface area contributed by atoms with Crippen LogP contribution in [0, 0.1) is 5.82 Å². The third kappa shape index (κ3) is 9.08. The van der Waals surface area contributed by atoms with Crippen LogP contribution < -0.4 is 11.2 Å². The highest BCUT2D eigenvalue weighted by Crippen LogP contribution is 2.31. The molecule has 0 fully saturated rings. The summed E-state index contributed by atoms with van der Waals surface area (Å²) >= 11 is 0. The van der Waals surface area contributed by atoms with Crippen LogP contribution in [-0.4, -0.2) is 46.3 Å². The van der Waals surface area contributed by atoms with E-state index in [4.69, 9.17) is 18.9 Å². The van der Waals surface area contributed by atoms with Gasteiger partial charge in [0.15, 0.2) is 7.80 Å². The molecule has 168 valence electrons. The van der Waals surface area contributed by atoms with Crippen molar-refractivity contribution in [1.82, 2.24) is 9.55 Å². The highest BCUT2D eigenvalue weighted by Gasteiger charge is 2.27. The van der Waals surface area contributed by atoms with E-state index in [1.54, 1.807) is 32.7 Å². The molecule has 0 aliphatic carbocycles. The SMILES string of the molecule is CC(C)OC(=O)OC(OC(=O)OC(C)C)[PH](=O)C/C=C/Cn1cc(F)c(=O)[nH]c1=O. The molecule has 1 heterocycles. The van der Waals surface area contributed by atoms with Crippen LogP contribution in [0.15, 0.2) is 27.9 Å². The number of nitrogens with zero attached hydrogens (tertiary/aromatic N) is 1. The second-order valence-corrected chi connectivity index (χ2v) is 8.24. The molecule has 1 N–H and O–H groups in total. The number of allylic oxidation sites excluding steroid dienone is 2. The van der Waals surface area contributed by atoms with Gasteiger partial charge in [0.1, 0.15) is 0 Å². The minimum atomic E-state index is -2.87. The van der Waals surface area contributed by atoms with E-state index in [9.17, 15) is 28.1 Å². The molecule has 0 bridgehead atoms. The molecule has 0 spiro atoms. The Morgan fingerprint density at radius 1 is 1.07 bits per heavy atom. The van der Waals surface area contributed by atoms with Crippen molar-refractivity contribution in [2.75, 3.05) is 6.16 Å². The van der Waals surface area contributed by atoms with Gasteiger partial charge in [-0.3, -0.25) is 14.3 Å². The molecule has 0 aliphatic heterocycles. The van der Waals surface area contributed by atoms with Crippen LogP contribution >= 0.6 is 7.80 Å². The van der Waals surface area contributed by atoms with Crippen LogP contribution in [0.25, 0.3) is 0 Å². The maximum atomic E-state index is 13.2. The number of nitrogens with one attached hydrogen (secondary N) is 1. The number of hydrogen-bond donors (Lipinski definition) is 1. The minimum Gasteiger partial charge on any atom is -0.431 e.